The van der Waals surface area contributed by atoms with Gasteiger partial charge in [0.1, 0.15) is 5.69 Å². The molecule has 1 atom stereocenters. The Hall–Kier alpha value is -2.99. The van der Waals surface area contributed by atoms with E-state index in [2.05, 4.69) is 28.2 Å². The van der Waals surface area contributed by atoms with Crippen molar-refractivity contribution in [3.63, 3.8) is 0 Å². The number of amides is 1. The normalized spacial score (nSPS) is 16.9. The van der Waals surface area contributed by atoms with E-state index in [1.54, 1.807) is 6.07 Å². The number of benzene rings is 1. The van der Waals surface area contributed by atoms with Crippen molar-refractivity contribution in [2.24, 2.45) is 0 Å². The number of pyridine rings is 1. The fraction of sp³-hybridized carbons (Fsp3) is 0.348. The van der Waals surface area contributed by atoms with Crippen LogP contribution in [-0.2, 0) is 6.42 Å². The van der Waals surface area contributed by atoms with E-state index in [1.165, 1.54) is 0 Å². The Morgan fingerprint density at radius 2 is 2.03 bits per heavy atom. The highest BCUT2D eigenvalue weighted by Crippen LogP contribution is 2.22. The van der Waals surface area contributed by atoms with Gasteiger partial charge in [0.15, 0.2) is 0 Å². The van der Waals surface area contributed by atoms with Crippen LogP contribution in [0.25, 0.3) is 11.3 Å². The molecule has 6 heteroatoms. The molecule has 1 aliphatic heterocycles. The number of likely N-dealkylation sites (tertiary alicyclic amines) is 1. The Kier molecular flexibility index (Phi) is 6.00. The van der Waals surface area contributed by atoms with Gasteiger partial charge in [-0.05, 0) is 32.0 Å². The summed E-state index contributed by atoms with van der Waals surface area (Å²) in [5.74, 6) is 0.225. The van der Waals surface area contributed by atoms with E-state index in [0.29, 0.717) is 24.0 Å². The first-order valence-corrected chi connectivity index (χ1v) is 10.1. The Labute approximate surface area is 171 Å². The van der Waals surface area contributed by atoms with Crippen LogP contribution in [0.5, 0.6) is 0 Å². The second kappa shape index (κ2) is 9.01. The van der Waals surface area contributed by atoms with Gasteiger partial charge in [0, 0.05) is 55.6 Å². The Morgan fingerprint density at radius 1 is 1.21 bits per heavy atom. The van der Waals surface area contributed by atoms with Gasteiger partial charge in [-0.25, -0.2) is 0 Å². The van der Waals surface area contributed by atoms with Crippen molar-refractivity contribution in [2.45, 2.75) is 25.3 Å². The zero-order chi connectivity index (χ0) is 20.1. The van der Waals surface area contributed by atoms with Crippen molar-refractivity contribution in [3.8, 4) is 11.3 Å². The van der Waals surface area contributed by atoms with Gasteiger partial charge in [0.2, 0.25) is 5.76 Å². The zero-order valence-electron chi connectivity index (χ0n) is 16.7. The highest BCUT2D eigenvalue weighted by Gasteiger charge is 2.28. The third-order valence-electron chi connectivity index (χ3n) is 5.54. The molecule has 1 aromatic carbocycles. The van der Waals surface area contributed by atoms with Crippen LogP contribution in [-0.4, -0.2) is 58.6 Å². The van der Waals surface area contributed by atoms with Crippen LogP contribution < -0.4 is 0 Å². The highest BCUT2D eigenvalue weighted by atomic mass is 16.5. The summed E-state index contributed by atoms with van der Waals surface area (Å²) in [4.78, 5) is 21.6. The fourth-order valence-electron chi connectivity index (χ4n) is 3.80. The lowest BCUT2D eigenvalue weighted by Gasteiger charge is -2.37. The third-order valence-corrected chi connectivity index (χ3v) is 5.54. The first-order chi connectivity index (χ1) is 14.2. The predicted octanol–water partition coefficient (Wildman–Crippen LogP) is 3.52. The van der Waals surface area contributed by atoms with Crippen LogP contribution in [0.2, 0.25) is 0 Å². The topological polar surface area (TPSA) is 62.5 Å². The first-order valence-electron chi connectivity index (χ1n) is 10.1. The maximum atomic E-state index is 13.0. The fourth-order valence-corrected chi connectivity index (χ4v) is 3.80. The quantitative estimate of drug-likeness (QED) is 0.644. The summed E-state index contributed by atoms with van der Waals surface area (Å²) in [6.07, 6.45) is 4.82. The van der Waals surface area contributed by atoms with Crippen molar-refractivity contribution in [3.05, 3.63) is 72.2 Å². The maximum Gasteiger partial charge on any atom is 0.292 e. The summed E-state index contributed by atoms with van der Waals surface area (Å²) in [5.41, 5.74) is 2.73. The van der Waals surface area contributed by atoms with E-state index in [1.807, 2.05) is 53.6 Å². The maximum absolute atomic E-state index is 13.0. The predicted molar refractivity (Wildman–Crippen MR) is 111 cm³/mol. The molecule has 0 saturated carbocycles. The molecule has 29 heavy (non-hydrogen) atoms. The molecule has 0 N–H and O–H groups in total. The Morgan fingerprint density at radius 3 is 2.83 bits per heavy atom. The molecule has 1 unspecified atom stereocenters. The highest BCUT2D eigenvalue weighted by molar-refractivity contribution is 5.92. The summed E-state index contributed by atoms with van der Waals surface area (Å²) in [6.45, 7) is 2.38. The number of piperidine rings is 1. The Bertz CT molecular complexity index is 926. The van der Waals surface area contributed by atoms with Crippen molar-refractivity contribution in [1.29, 1.82) is 0 Å². The lowest BCUT2D eigenvalue weighted by Crippen LogP contribution is -2.49. The molecular formula is C23H26N4O2. The van der Waals surface area contributed by atoms with Gasteiger partial charge in [0.05, 0.1) is 0 Å². The molecule has 3 aromatic rings. The van der Waals surface area contributed by atoms with Gasteiger partial charge in [-0.1, -0.05) is 41.6 Å². The van der Waals surface area contributed by atoms with Gasteiger partial charge in [0.25, 0.3) is 5.91 Å². The number of aromatic nitrogens is 2. The van der Waals surface area contributed by atoms with Crippen molar-refractivity contribution in [1.82, 2.24) is 19.9 Å². The number of hydrogen-bond acceptors (Lipinski definition) is 5. The van der Waals surface area contributed by atoms with Gasteiger partial charge >= 0.3 is 0 Å². The molecule has 2 aromatic heterocycles. The molecule has 1 amide bonds. The summed E-state index contributed by atoms with van der Waals surface area (Å²) >= 11 is 0. The molecule has 6 nitrogen and oxygen atoms in total. The molecule has 4 rings (SSSR count). The smallest absolute Gasteiger partial charge is 0.292 e. The standard InChI is InChI=1S/C23H26N4O2/c1-26(15-12-19-10-5-6-13-24-19)20-11-7-14-27(17-20)23(28)22-16-21(25-29-22)18-8-3-2-4-9-18/h2-6,8-10,13,16,20H,7,11-12,14-15,17H2,1H3. The molecule has 1 aliphatic rings. The molecular weight excluding hydrogens is 364 g/mol. The van der Waals surface area contributed by atoms with Gasteiger partial charge in [-0.2, -0.15) is 0 Å². The van der Waals surface area contributed by atoms with Gasteiger partial charge in [-0.15, -0.1) is 0 Å². The van der Waals surface area contributed by atoms with Crippen LogP contribution in [0.3, 0.4) is 0 Å². The lowest BCUT2D eigenvalue weighted by molar-refractivity contribution is 0.0572. The average molecular weight is 390 g/mol. The summed E-state index contributed by atoms with van der Waals surface area (Å²) < 4.78 is 5.37. The lowest BCUT2D eigenvalue weighted by atomic mass is 10.0. The van der Waals surface area contributed by atoms with Crippen LogP contribution >= 0.6 is 0 Å². The van der Waals surface area contributed by atoms with Gasteiger partial charge in [-0.3, -0.25) is 9.78 Å². The van der Waals surface area contributed by atoms with Crippen LogP contribution in [0.1, 0.15) is 29.1 Å². The van der Waals surface area contributed by atoms with Gasteiger partial charge < -0.3 is 14.3 Å². The van der Waals surface area contributed by atoms with E-state index < -0.39 is 0 Å². The number of hydrogen-bond donors (Lipinski definition) is 0. The number of rotatable bonds is 6. The van der Waals surface area contributed by atoms with Crippen molar-refractivity contribution >= 4 is 5.91 Å². The minimum Gasteiger partial charge on any atom is -0.350 e. The van der Waals surface area contributed by atoms with E-state index in [-0.39, 0.29) is 5.91 Å². The molecule has 0 spiro atoms. The molecule has 1 saturated heterocycles. The van der Waals surface area contributed by atoms with Crippen LogP contribution in [0.4, 0.5) is 0 Å². The number of nitrogens with zero attached hydrogens (tertiary/aromatic N) is 4. The monoisotopic (exact) mass is 390 g/mol. The zero-order valence-corrected chi connectivity index (χ0v) is 16.7. The number of carbonyl (C=O) groups excluding carboxylic acids is 1. The molecule has 0 aliphatic carbocycles. The first kappa shape index (κ1) is 19.3. The Balaban J connectivity index is 1.36. The van der Waals surface area contributed by atoms with E-state index >= 15 is 0 Å². The molecule has 0 radical (unpaired) electrons. The molecule has 1 fully saturated rings. The second-order valence-electron chi connectivity index (χ2n) is 7.54. The van der Waals surface area contributed by atoms with E-state index in [4.69, 9.17) is 4.52 Å². The van der Waals surface area contributed by atoms with E-state index in [0.717, 1.165) is 43.6 Å². The van der Waals surface area contributed by atoms with Crippen LogP contribution in [0.15, 0.2) is 65.3 Å². The third kappa shape index (κ3) is 4.71. The summed E-state index contributed by atoms with van der Waals surface area (Å²) in [6, 6.07) is 17.9. The average Bonchev–Trinajstić information content (AvgIpc) is 3.29. The van der Waals surface area contributed by atoms with Crippen molar-refractivity contribution < 1.29 is 9.32 Å². The minimum absolute atomic E-state index is 0.0810. The number of carbonyl (C=O) groups is 1. The summed E-state index contributed by atoms with van der Waals surface area (Å²) in [5, 5.41) is 4.08. The minimum atomic E-state index is -0.0810. The summed E-state index contributed by atoms with van der Waals surface area (Å²) in [7, 11) is 2.13. The molecule has 3 heterocycles. The van der Waals surface area contributed by atoms with E-state index in [9.17, 15) is 4.79 Å². The van der Waals surface area contributed by atoms with Crippen molar-refractivity contribution in [2.75, 3.05) is 26.7 Å². The second-order valence-corrected chi connectivity index (χ2v) is 7.54. The molecule has 150 valence electrons. The molecule has 0 bridgehead atoms. The largest absolute Gasteiger partial charge is 0.350 e. The SMILES string of the molecule is CN(CCc1ccccn1)C1CCCN(C(=O)c2cc(-c3ccccc3)no2)C1. The van der Waals surface area contributed by atoms with Crippen LogP contribution in [0, 0.1) is 0 Å². The number of likely N-dealkylation sites (N-methyl/N-ethyl adjacent to an activating group) is 1.